The van der Waals surface area contributed by atoms with Crippen LogP contribution in [0.3, 0.4) is 0 Å². The lowest BCUT2D eigenvalue weighted by molar-refractivity contribution is -0.128. The molecule has 1 amide bonds. The largest absolute Gasteiger partial charge is 0.342 e. The molecular weight excluding hydrogens is 424 g/mol. The number of carbonyl (C=O) groups excluding carboxylic acids is 1. The van der Waals surface area contributed by atoms with E-state index < -0.39 is 0 Å². The molecule has 1 N–H and O–H groups in total. The number of amides is 1. The summed E-state index contributed by atoms with van der Waals surface area (Å²) in [4.78, 5) is 34.6. The van der Waals surface area contributed by atoms with E-state index in [1.54, 1.807) is 0 Å². The number of thiazole rings is 1. The molecule has 29 heavy (non-hydrogen) atoms. The molecule has 1 saturated heterocycles. The lowest BCUT2D eigenvalue weighted by atomic mass is 10.2. The van der Waals surface area contributed by atoms with Gasteiger partial charge >= 0.3 is 0 Å². The number of hydrogen-bond donors (Lipinski definition) is 1. The van der Waals surface area contributed by atoms with E-state index in [4.69, 9.17) is 12.2 Å². The van der Waals surface area contributed by atoms with Gasteiger partial charge in [0, 0.05) is 13.1 Å². The SMILES string of the molecule is Cc1ccccc1-n1c(=S)sc2c(=O)[nH]c(SCC(=O)N3CCCCCC3)nc21. The van der Waals surface area contributed by atoms with Gasteiger partial charge in [-0.1, -0.05) is 54.1 Å². The third-order valence-corrected chi connectivity index (χ3v) is 7.29. The number of carbonyl (C=O) groups is 1. The molecule has 3 aromatic rings. The van der Waals surface area contributed by atoms with Crippen LogP contribution in [-0.4, -0.2) is 44.2 Å². The van der Waals surface area contributed by atoms with E-state index in [1.807, 2.05) is 40.7 Å². The number of hydrogen-bond acceptors (Lipinski definition) is 6. The number of aryl methyl sites for hydroxylation is 1. The highest BCUT2D eigenvalue weighted by molar-refractivity contribution is 7.99. The Kier molecular flexibility index (Phi) is 6.17. The van der Waals surface area contributed by atoms with Crippen molar-refractivity contribution in [1.29, 1.82) is 0 Å². The maximum atomic E-state index is 12.6. The summed E-state index contributed by atoms with van der Waals surface area (Å²) >= 11 is 8.05. The second-order valence-corrected chi connectivity index (χ2v) is 9.71. The number of nitrogens with one attached hydrogen (secondary N) is 1. The van der Waals surface area contributed by atoms with Crippen molar-refractivity contribution < 1.29 is 4.79 Å². The molecular formula is C20H22N4O2S3. The zero-order valence-electron chi connectivity index (χ0n) is 16.1. The predicted octanol–water partition coefficient (Wildman–Crippen LogP) is 4.31. The van der Waals surface area contributed by atoms with Gasteiger partial charge < -0.3 is 9.88 Å². The molecule has 0 bridgehead atoms. The van der Waals surface area contributed by atoms with Gasteiger partial charge in [-0.05, 0) is 43.6 Å². The predicted molar refractivity (Wildman–Crippen MR) is 121 cm³/mol. The zero-order valence-corrected chi connectivity index (χ0v) is 18.6. The fraction of sp³-hybridized carbons (Fsp3) is 0.400. The molecule has 9 heteroatoms. The van der Waals surface area contributed by atoms with Crippen molar-refractivity contribution in [2.75, 3.05) is 18.8 Å². The van der Waals surface area contributed by atoms with Crippen molar-refractivity contribution >= 4 is 51.6 Å². The van der Waals surface area contributed by atoms with Crippen molar-refractivity contribution in [3.05, 3.63) is 44.1 Å². The fourth-order valence-corrected chi connectivity index (χ4v) is 5.55. The molecule has 6 nitrogen and oxygen atoms in total. The number of aromatic nitrogens is 3. The number of para-hydroxylation sites is 1. The van der Waals surface area contributed by atoms with E-state index in [9.17, 15) is 9.59 Å². The number of fused-ring (bicyclic) bond motifs is 1. The third-order valence-electron chi connectivity index (χ3n) is 5.07. The van der Waals surface area contributed by atoms with Crippen LogP contribution in [0.4, 0.5) is 0 Å². The molecule has 1 aliphatic heterocycles. The second kappa shape index (κ2) is 8.81. The topological polar surface area (TPSA) is 71.0 Å². The van der Waals surface area contributed by atoms with E-state index in [2.05, 4.69) is 9.97 Å². The van der Waals surface area contributed by atoms with E-state index in [0.29, 0.717) is 19.5 Å². The van der Waals surface area contributed by atoms with Gasteiger partial charge in [0.15, 0.2) is 14.8 Å². The van der Waals surface area contributed by atoms with Crippen molar-refractivity contribution in [3.63, 3.8) is 0 Å². The van der Waals surface area contributed by atoms with Crippen LogP contribution in [0.2, 0.25) is 0 Å². The quantitative estimate of drug-likeness (QED) is 0.367. The molecule has 1 aliphatic rings. The summed E-state index contributed by atoms with van der Waals surface area (Å²) in [6.45, 7) is 3.64. The Bertz CT molecular complexity index is 1160. The van der Waals surface area contributed by atoms with Crippen LogP contribution in [0, 0.1) is 10.9 Å². The first-order valence-electron chi connectivity index (χ1n) is 9.67. The first kappa shape index (κ1) is 20.3. The van der Waals surface area contributed by atoms with Crippen LogP contribution < -0.4 is 5.56 Å². The van der Waals surface area contributed by atoms with Crippen molar-refractivity contribution in [1.82, 2.24) is 19.4 Å². The first-order chi connectivity index (χ1) is 14.0. The van der Waals surface area contributed by atoms with Crippen LogP contribution in [0.15, 0.2) is 34.2 Å². The number of benzene rings is 1. The lowest BCUT2D eigenvalue weighted by Gasteiger charge is -2.19. The van der Waals surface area contributed by atoms with E-state index in [-0.39, 0.29) is 17.2 Å². The standard InChI is InChI=1S/C20H22N4O2S3/c1-13-8-4-5-9-14(13)24-17-16(29-20(24)27)18(26)22-19(21-17)28-12-15(25)23-10-6-2-3-7-11-23/h4-5,8-9H,2-3,6-7,10-12H2,1H3,(H,21,22,26). The van der Waals surface area contributed by atoms with Gasteiger partial charge in [-0.15, -0.1) is 0 Å². The summed E-state index contributed by atoms with van der Waals surface area (Å²) in [6.07, 6.45) is 4.49. The highest BCUT2D eigenvalue weighted by Crippen LogP contribution is 2.26. The van der Waals surface area contributed by atoms with Crippen LogP contribution in [0.1, 0.15) is 31.2 Å². The number of likely N-dealkylation sites (tertiary alicyclic amines) is 1. The van der Waals surface area contributed by atoms with E-state index in [1.165, 1.54) is 35.9 Å². The van der Waals surface area contributed by atoms with Crippen molar-refractivity contribution in [2.24, 2.45) is 0 Å². The average Bonchev–Trinajstić information content (AvgIpc) is 2.87. The minimum Gasteiger partial charge on any atom is -0.342 e. The number of H-pyrrole nitrogens is 1. The minimum atomic E-state index is -0.219. The zero-order chi connectivity index (χ0) is 20.4. The molecule has 3 heterocycles. The van der Waals surface area contributed by atoms with E-state index in [0.717, 1.165) is 37.2 Å². The molecule has 0 unspecified atom stereocenters. The molecule has 0 atom stereocenters. The Morgan fingerprint density at radius 3 is 2.69 bits per heavy atom. The van der Waals surface area contributed by atoms with Gasteiger partial charge in [0.05, 0.1) is 11.4 Å². The number of aromatic amines is 1. The highest BCUT2D eigenvalue weighted by atomic mass is 32.2. The Balaban J connectivity index is 1.64. The highest BCUT2D eigenvalue weighted by Gasteiger charge is 2.18. The maximum absolute atomic E-state index is 12.6. The maximum Gasteiger partial charge on any atom is 0.271 e. The van der Waals surface area contributed by atoms with E-state index >= 15 is 0 Å². The fourth-order valence-electron chi connectivity index (χ4n) is 3.53. The van der Waals surface area contributed by atoms with Gasteiger partial charge in [0.25, 0.3) is 5.56 Å². The van der Waals surface area contributed by atoms with Gasteiger partial charge in [0.2, 0.25) is 5.91 Å². The summed E-state index contributed by atoms with van der Waals surface area (Å²) in [5.74, 6) is 0.365. The Morgan fingerprint density at radius 1 is 1.24 bits per heavy atom. The summed E-state index contributed by atoms with van der Waals surface area (Å²) in [5, 5.41) is 0.445. The van der Waals surface area contributed by atoms with Crippen molar-refractivity contribution in [2.45, 2.75) is 37.8 Å². The average molecular weight is 447 g/mol. The molecule has 152 valence electrons. The molecule has 4 rings (SSSR count). The summed E-state index contributed by atoms with van der Waals surface area (Å²) < 4.78 is 2.93. The molecule has 0 radical (unpaired) electrons. The smallest absolute Gasteiger partial charge is 0.271 e. The molecule has 0 spiro atoms. The summed E-state index contributed by atoms with van der Waals surface area (Å²) in [6, 6.07) is 7.88. The second-order valence-electron chi connectivity index (χ2n) is 7.10. The molecule has 0 saturated carbocycles. The number of nitrogens with zero attached hydrogens (tertiary/aromatic N) is 3. The normalized spacial score (nSPS) is 14.9. The summed E-state index contributed by atoms with van der Waals surface area (Å²) in [7, 11) is 0. The van der Waals surface area contributed by atoms with Crippen LogP contribution in [0.25, 0.3) is 16.0 Å². The molecule has 1 aromatic carbocycles. The Hall–Kier alpha value is -1.97. The Labute approximate surface area is 182 Å². The lowest BCUT2D eigenvalue weighted by Crippen LogP contribution is -2.33. The number of rotatable bonds is 4. The first-order valence-corrected chi connectivity index (χ1v) is 11.9. The minimum absolute atomic E-state index is 0.0979. The monoisotopic (exact) mass is 446 g/mol. The van der Waals surface area contributed by atoms with Gasteiger partial charge in [0.1, 0.15) is 4.70 Å². The Morgan fingerprint density at radius 2 is 1.97 bits per heavy atom. The molecule has 0 aliphatic carbocycles. The number of thioether (sulfide) groups is 1. The van der Waals surface area contributed by atoms with Gasteiger partial charge in [-0.2, -0.15) is 0 Å². The summed E-state index contributed by atoms with van der Waals surface area (Å²) in [5.41, 5.74) is 2.29. The van der Waals surface area contributed by atoms with Crippen LogP contribution in [-0.2, 0) is 4.79 Å². The van der Waals surface area contributed by atoms with Crippen LogP contribution in [0.5, 0.6) is 0 Å². The van der Waals surface area contributed by atoms with Crippen LogP contribution >= 0.6 is 35.3 Å². The molecule has 2 aromatic heterocycles. The van der Waals surface area contributed by atoms with Gasteiger partial charge in [-0.25, -0.2) is 4.98 Å². The van der Waals surface area contributed by atoms with Gasteiger partial charge in [-0.3, -0.25) is 14.2 Å². The van der Waals surface area contributed by atoms with Crippen molar-refractivity contribution in [3.8, 4) is 5.69 Å². The molecule has 1 fully saturated rings. The third kappa shape index (κ3) is 4.31.